The first-order valence-corrected chi connectivity index (χ1v) is 5.78. The van der Waals surface area contributed by atoms with Crippen LogP contribution >= 0.6 is 0 Å². The quantitative estimate of drug-likeness (QED) is 0.867. The first-order chi connectivity index (χ1) is 8.61. The highest BCUT2D eigenvalue weighted by molar-refractivity contribution is 5.83. The van der Waals surface area contributed by atoms with Crippen LogP contribution < -0.4 is 5.32 Å². The maximum Gasteiger partial charge on any atom is 0.239 e. The number of carbonyl (C=O) groups is 1. The van der Waals surface area contributed by atoms with Crippen LogP contribution in [0.25, 0.3) is 0 Å². The minimum Gasteiger partial charge on any atom is -0.344 e. The van der Waals surface area contributed by atoms with Crippen molar-refractivity contribution in [3.8, 4) is 6.07 Å². The lowest BCUT2D eigenvalue weighted by Crippen LogP contribution is -2.36. The van der Waals surface area contributed by atoms with Gasteiger partial charge in [-0.2, -0.15) is 5.26 Å². The number of amides is 1. The molecule has 0 spiro atoms. The van der Waals surface area contributed by atoms with Crippen molar-refractivity contribution in [2.45, 2.75) is 19.0 Å². The van der Waals surface area contributed by atoms with Crippen molar-refractivity contribution in [2.75, 3.05) is 13.6 Å². The molecule has 0 aromatic heterocycles. The van der Waals surface area contributed by atoms with Gasteiger partial charge in [-0.25, -0.2) is 4.39 Å². The first kappa shape index (κ1) is 12.5. The van der Waals surface area contributed by atoms with Gasteiger partial charge in [0.25, 0.3) is 0 Å². The Kier molecular flexibility index (Phi) is 3.58. The standard InChI is InChI=1S/C13H14FN3O/c1-17-5-4-12(13(17)18)16-8-10-6-9(7-15)2-3-11(10)14/h2-3,6,12,16H,4-5,8H2,1H3. The van der Waals surface area contributed by atoms with Gasteiger partial charge < -0.3 is 10.2 Å². The highest BCUT2D eigenvalue weighted by atomic mass is 19.1. The van der Waals surface area contributed by atoms with Gasteiger partial charge in [0.15, 0.2) is 0 Å². The molecule has 0 bridgehead atoms. The van der Waals surface area contributed by atoms with Gasteiger partial charge >= 0.3 is 0 Å². The lowest BCUT2D eigenvalue weighted by atomic mass is 10.1. The number of nitrogens with zero attached hydrogens (tertiary/aromatic N) is 2. The van der Waals surface area contributed by atoms with Gasteiger partial charge in [-0.3, -0.25) is 4.79 Å². The zero-order chi connectivity index (χ0) is 13.1. The summed E-state index contributed by atoms with van der Waals surface area (Å²) < 4.78 is 13.5. The Bertz CT molecular complexity index is 509. The molecule has 0 radical (unpaired) electrons. The van der Waals surface area contributed by atoms with Gasteiger partial charge in [0.2, 0.25) is 5.91 Å². The fourth-order valence-electron chi connectivity index (χ4n) is 2.02. The molecule has 1 aromatic rings. The molecule has 18 heavy (non-hydrogen) atoms. The topological polar surface area (TPSA) is 56.1 Å². The molecule has 1 aliphatic heterocycles. The summed E-state index contributed by atoms with van der Waals surface area (Å²) in [5.41, 5.74) is 0.833. The number of carbonyl (C=O) groups excluding carboxylic acids is 1. The predicted molar refractivity (Wildman–Crippen MR) is 64.0 cm³/mol. The summed E-state index contributed by atoms with van der Waals surface area (Å²) in [6, 6.07) is 5.94. The first-order valence-electron chi connectivity index (χ1n) is 5.78. The molecule has 1 amide bonds. The van der Waals surface area contributed by atoms with E-state index in [9.17, 15) is 9.18 Å². The molecule has 1 heterocycles. The van der Waals surface area contributed by atoms with E-state index in [1.807, 2.05) is 6.07 Å². The van der Waals surface area contributed by atoms with Gasteiger partial charge in [0.1, 0.15) is 5.82 Å². The average molecular weight is 247 g/mol. The molecule has 1 fully saturated rings. The lowest BCUT2D eigenvalue weighted by Gasteiger charge is -2.12. The third-order valence-electron chi connectivity index (χ3n) is 3.14. The molecule has 1 saturated heterocycles. The minimum absolute atomic E-state index is 0.0341. The molecule has 4 nitrogen and oxygen atoms in total. The van der Waals surface area contributed by atoms with Crippen molar-refractivity contribution < 1.29 is 9.18 Å². The average Bonchev–Trinajstić information content (AvgIpc) is 2.69. The fraction of sp³-hybridized carbons (Fsp3) is 0.385. The second kappa shape index (κ2) is 5.15. The van der Waals surface area contributed by atoms with Crippen LogP contribution in [0.1, 0.15) is 17.5 Å². The van der Waals surface area contributed by atoms with Crippen LogP contribution in [0.4, 0.5) is 4.39 Å². The molecule has 1 aromatic carbocycles. The van der Waals surface area contributed by atoms with Crippen molar-refractivity contribution in [1.82, 2.24) is 10.2 Å². The van der Waals surface area contributed by atoms with Crippen LogP contribution in [0.5, 0.6) is 0 Å². The zero-order valence-corrected chi connectivity index (χ0v) is 10.1. The molecular formula is C13H14FN3O. The summed E-state index contributed by atoms with van der Waals surface area (Å²) in [6.45, 7) is 0.975. The monoisotopic (exact) mass is 247 g/mol. The van der Waals surface area contributed by atoms with E-state index < -0.39 is 0 Å². The number of halogens is 1. The summed E-state index contributed by atoms with van der Waals surface area (Å²) >= 11 is 0. The number of hydrogen-bond acceptors (Lipinski definition) is 3. The van der Waals surface area contributed by atoms with Crippen molar-refractivity contribution in [3.05, 3.63) is 35.1 Å². The van der Waals surface area contributed by atoms with Gasteiger partial charge in [-0.15, -0.1) is 0 Å². The number of benzene rings is 1. The van der Waals surface area contributed by atoms with E-state index in [-0.39, 0.29) is 24.3 Å². The van der Waals surface area contributed by atoms with E-state index in [4.69, 9.17) is 5.26 Å². The third kappa shape index (κ3) is 2.49. The minimum atomic E-state index is -0.361. The highest BCUT2D eigenvalue weighted by Gasteiger charge is 2.28. The molecule has 0 aliphatic carbocycles. The van der Waals surface area contributed by atoms with E-state index >= 15 is 0 Å². The number of likely N-dealkylation sites (tertiary alicyclic amines) is 1. The van der Waals surface area contributed by atoms with Crippen molar-refractivity contribution in [3.63, 3.8) is 0 Å². The van der Waals surface area contributed by atoms with Gasteiger partial charge in [0, 0.05) is 25.7 Å². The Hall–Kier alpha value is -1.93. The predicted octanol–water partition coefficient (Wildman–Crippen LogP) is 1.02. The Morgan fingerprint density at radius 1 is 1.61 bits per heavy atom. The third-order valence-corrected chi connectivity index (χ3v) is 3.14. The Morgan fingerprint density at radius 3 is 3.00 bits per heavy atom. The van der Waals surface area contributed by atoms with Crippen LogP contribution in [0.2, 0.25) is 0 Å². The molecule has 94 valence electrons. The van der Waals surface area contributed by atoms with E-state index in [0.717, 1.165) is 13.0 Å². The van der Waals surface area contributed by atoms with E-state index in [1.54, 1.807) is 11.9 Å². The smallest absolute Gasteiger partial charge is 0.239 e. The maximum atomic E-state index is 13.5. The van der Waals surface area contributed by atoms with Gasteiger partial charge in [-0.1, -0.05) is 0 Å². The summed E-state index contributed by atoms with van der Waals surface area (Å²) in [5.74, 6) is -0.327. The number of hydrogen-bond donors (Lipinski definition) is 1. The van der Waals surface area contributed by atoms with Crippen LogP contribution in [0.15, 0.2) is 18.2 Å². The van der Waals surface area contributed by atoms with Crippen molar-refractivity contribution >= 4 is 5.91 Å². The van der Waals surface area contributed by atoms with E-state index in [2.05, 4.69) is 5.32 Å². The second-order valence-electron chi connectivity index (χ2n) is 4.40. The number of nitrogens with one attached hydrogen (secondary N) is 1. The maximum absolute atomic E-state index is 13.5. The molecule has 1 aliphatic rings. The van der Waals surface area contributed by atoms with Crippen LogP contribution in [0, 0.1) is 17.1 Å². The van der Waals surface area contributed by atoms with Crippen molar-refractivity contribution in [2.24, 2.45) is 0 Å². The largest absolute Gasteiger partial charge is 0.344 e. The Morgan fingerprint density at radius 2 is 2.39 bits per heavy atom. The SMILES string of the molecule is CN1CCC(NCc2cc(C#N)ccc2F)C1=O. The zero-order valence-electron chi connectivity index (χ0n) is 10.1. The highest BCUT2D eigenvalue weighted by Crippen LogP contribution is 2.13. The Balaban J connectivity index is 2.02. The van der Waals surface area contributed by atoms with Crippen LogP contribution in [0.3, 0.4) is 0 Å². The molecule has 1 N–H and O–H groups in total. The molecular weight excluding hydrogens is 233 g/mol. The number of likely N-dealkylation sites (N-methyl/N-ethyl adjacent to an activating group) is 1. The molecule has 0 saturated carbocycles. The molecule has 5 heteroatoms. The summed E-state index contributed by atoms with van der Waals surface area (Å²) in [4.78, 5) is 13.3. The molecule has 1 unspecified atom stereocenters. The van der Waals surface area contributed by atoms with Crippen LogP contribution in [-0.2, 0) is 11.3 Å². The van der Waals surface area contributed by atoms with E-state index in [0.29, 0.717) is 11.1 Å². The molecule has 1 atom stereocenters. The van der Waals surface area contributed by atoms with Gasteiger partial charge in [-0.05, 0) is 24.6 Å². The lowest BCUT2D eigenvalue weighted by molar-refractivity contribution is -0.128. The fourth-order valence-corrected chi connectivity index (χ4v) is 2.02. The summed E-state index contributed by atoms with van der Waals surface area (Å²) in [5, 5.41) is 11.8. The van der Waals surface area contributed by atoms with Crippen LogP contribution in [-0.4, -0.2) is 30.4 Å². The van der Waals surface area contributed by atoms with E-state index in [1.165, 1.54) is 18.2 Å². The molecule has 2 rings (SSSR count). The Labute approximate surface area is 105 Å². The number of rotatable bonds is 3. The summed E-state index contributed by atoms with van der Waals surface area (Å²) in [7, 11) is 1.75. The number of nitriles is 1. The van der Waals surface area contributed by atoms with Gasteiger partial charge in [0.05, 0.1) is 17.7 Å². The second-order valence-corrected chi connectivity index (χ2v) is 4.40. The van der Waals surface area contributed by atoms with Crippen molar-refractivity contribution in [1.29, 1.82) is 5.26 Å². The normalized spacial score (nSPS) is 19.1. The summed E-state index contributed by atoms with van der Waals surface area (Å²) in [6.07, 6.45) is 0.731.